The molecule has 0 fully saturated rings. The van der Waals surface area contributed by atoms with Gasteiger partial charge in [0.25, 0.3) is 10.0 Å². The number of halogens is 1. The minimum absolute atomic E-state index is 0.0524. The molecule has 3 aromatic carbocycles. The van der Waals surface area contributed by atoms with E-state index in [9.17, 15) is 13.2 Å². The van der Waals surface area contributed by atoms with E-state index < -0.39 is 10.0 Å². The van der Waals surface area contributed by atoms with Crippen LogP contribution in [0.25, 0.3) is 0 Å². The molecule has 3 rings (SSSR count). The number of methoxy groups -OCH3 is 1. The maximum Gasteiger partial charge on any atom is 0.264 e. The number of anilines is 1. The highest BCUT2D eigenvalue weighted by molar-refractivity contribution is 7.92. The summed E-state index contributed by atoms with van der Waals surface area (Å²) >= 11 is 6.12. The summed E-state index contributed by atoms with van der Waals surface area (Å²) in [4.78, 5) is 12.9. The number of ether oxygens (including phenoxy) is 1. The monoisotopic (exact) mass is 500 g/mol. The zero-order chi connectivity index (χ0) is 24.6. The van der Waals surface area contributed by atoms with Gasteiger partial charge in [-0.2, -0.15) is 0 Å². The summed E-state index contributed by atoms with van der Waals surface area (Å²) in [6.07, 6.45) is 1.72. The van der Waals surface area contributed by atoms with Crippen molar-refractivity contribution in [3.63, 3.8) is 0 Å². The van der Waals surface area contributed by atoms with Crippen LogP contribution in [-0.4, -0.2) is 34.5 Å². The van der Waals surface area contributed by atoms with E-state index in [0.717, 1.165) is 17.1 Å². The van der Waals surface area contributed by atoms with Gasteiger partial charge in [-0.3, -0.25) is 9.10 Å². The largest absolute Gasteiger partial charge is 0.497 e. The first-order valence-corrected chi connectivity index (χ1v) is 12.9. The van der Waals surface area contributed by atoms with Gasteiger partial charge in [-0.25, -0.2) is 8.42 Å². The third-order valence-corrected chi connectivity index (χ3v) is 7.59. The van der Waals surface area contributed by atoms with E-state index in [1.165, 1.54) is 30.9 Å². The molecule has 0 saturated carbocycles. The lowest BCUT2D eigenvalue weighted by atomic mass is 9.97. The maximum absolute atomic E-state index is 13.5. The minimum Gasteiger partial charge on any atom is -0.497 e. The van der Waals surface area contributed by atoms with E-state index in [0.29, 0.717) is 23.0 Å². The average molecular weight is 501 g/mol. The Labute approximate surface area is 206 Å². The van der Waals surface area contributed by atoms with Gasteiger partial charge in [-0.1, -0.05) is 61.3 Å². The first-order valence-electron chi connectivity index (χ1n) is 11.1. The van der Waals surface area contributed by atoms with Gasteiger partial charge in [0.1, 0.15) is 12.3 Å². The number of sulfonamides is 1. The molecule has 1 atom stereocenters. The normalized spacial score (nSPS) is 12.1. The summed E-state index contributed by atoms with van der Waals surface area (Å²) in [7, 11) is -2.52. The highest BCUT2D eigenvalue weighted by Crippen LogP contribution is 2.27. The summed E-state index contributed by atoms with van der Waals surface area (Å²) < 4.78 is 33.2. The molecular formula is C26H29ClN2O4S. The van der Waals surface area contributed by atoms with Crippen molar-refractivity contribution in [1.82, 2.24) is 5.32 Å². The number of amides is 1. The molecule has 180 valence electrons. The molecule has 0 radical (unpaired) electrons. The van der Waals surface area contributed by atoms with Gasteiger partial charge in [-0.15, -0.1) is 0 Å². The fourth-order valence-corrected chi connectivity index (χ4v) is 5.17. The summed E-state index contributed by atoms with van der Waals surface area (Å²) in [5.41, 5.74) is 1.51. The second-order valence-corrected chi connectivity index (χ2v) is 10.2. The van der Waals surface area contributed by atoms with Crippen molar-refractivity contribution in [1.29, 1.82) is 0 Å². The quantitative estimate of drug-likeness (QED) is 0.405. The number of nitrogens with one attached hydrogen (secondary N) is 1. The average Bonchev–Trinajstić information content (AvgIpc) is 2.85. The van der Waals surface area contributed by atoms with Crippen LogP contribution >= 0.6 is 11.6 Å². The van der Waals surface area contributed by atoms with Crippen molar-refractivity contribution >= 4 is 33.2 Å². The SMILES string of the molecule is CCC(CNC(=O)CN(c1cccc(Cl)c1)S(=O)(=O)c1ccc(OC)cc1)Cc1ccccc1. The Hall–Kier alpha value is -3.03. The minimum atomic E-state index is -4.03. The molecule has 0 saturated heterocycles. The summed E-state index contributed by atoms with van der Waals surface area (Å²) in [5.74, 6) is 0.391. The van der Waals surface area contributed by atoms with Gasteiger partial charge >= 0.3 is 0 Å². The van der Waals surface area contributed by atoms with Gasteiger partial charge in [0.05, 0.1) is 17.7 Å². The lowest BCUT2D eigenvalue weighted by Crippen LogP contribution is -2.42. The highest BCUT2D eigenvalue weighted by Gasteiger charge is 2.27. The number of benzene rings is 3. The zero-order valence-electron chi connectivity index (χ0n) is 19.3. The van der Waals surface area contributed by atoms with E-state index in [-0.39, 0.29) is 23.3 Å². The molecule has 1 N–H and O–H groups in total. The van der Waals surface area contributed by atoms with E-state index in [2.05, 4.69) is 24.4 Å². The third kappa shape index (κ3) is 6.74. The first kappa shape index (κ1) is 25.6. The predicted octanol–water partition coefficient (Wildman–Crippen LogP) is 4.93. The summed E-state index contributed by atoms with van der Waals surface area (Å²) in [5, 5.41) is 3.29. The Balaban J connectivity index is 1.77. The van der Waals surface area contributed by atoms with Crippen molar-refractivity contribution < 1.29 is 17.9 Å². The highest BCUT2D eigenvalue weighted by atomic mass is 35.5. The van der Waals surface area contributed by atoms with E-state index in [4.69, 9.17) is 16.3 Å². The Morgan fingerprint density at radius 1 is 1.03 bits per heavy atom. The second-order valence-electron chi connectivity index (χ2n) is 7.94. The number of carbonyl (C=O) groups excluding carboxylic acids is 1. The van der Waals surface area contributed by atoms with E-state index in [1.807, 2.05) is 18.2 Å². The predicted molar refractivity (Wildman–Crippen MR) is 136 cm³/mol. The van der Waals surface area contributed by atoms with Crippen molar-refractivity contribution in [3.05, 3.63) is 89.4 Å². The van der Waals surface area contributed by atoms with Crippen molar-refractivity contribution in [2.45, 2.75) is 24.7 Å². The number of rotatable bonds is 11. The van der Waals surface area contributed by atoms with Crippen LogP contribution < -0.4 is 14.4 Å². The van der Waals surface area contributed by atoms with Gasteiger partial charge in [0.2, 0.25) is 5.91 Å². The van der Waals surface area contributed by atoms with Gasteiger partial charge in [-0.05, 0) is 60.4 Å². The smallest absolute Gasteiger partial charge is 0.264 e. The van der Waals surface area contributed by atoms with Crippen LogP contribution in [0, 0.1) is 5.92 Å². The molecule has 3 aromatic rings. The van der Waals surface area contributed by atoms with E-state index in [1.54, 1.807) is 30.3 Å². The summed E-state index contributed by atoms with van der Waals surface area (Å²) in [6.45, 7) is 2.17. The molecule has 34 heavy (non-hydrogen) atoms. The van der Waals surface area contributed by atoms with Crippen molar-refractivity contribution in [2.24, 2.45) is 5.92 Å². The number of hydrogen-bond donors (Lipinski definition) is 1. The maximum atomic E-state index is 13.5. The van der Waals surface area contributed by atoms with E-state index >= 15 is 0 Å². The van der Waals surface area contributed by atoms with Crippen molar-refractivity contribution in [2.75, 3.05) is 24.5 Å². The molecule has 0 aliphatic heterocycles. The fraction of sp³-hybridized carbons (Fsp3) is 0.269. The number of nitrogens with zero attached hydrogens (tertiary/aromatic N) is 1. The molecular weight excluding hydrogens is 472 g/mol. The van der Waals surface area contributed by atoms with Gasteiger partial charge in [0.15, 0.2) is 0 Å². The molecule has 8 heteroatoms. The van der Waals surface area contributed by atoms with Crippen LogP contribution in [0.3, 0.4) is 0 Å². The summed E-state index contributed by atoms with van der Waals surface area (Å²) in [6, 6.07) is 22.6. The standard InChI is InChI=1S/C26H29ClN2O4S/c1-3-20(16-21-8-5-4-6-9-21)18-28-26(30)19-29(23-11-7-10-22(27)17-23)34(31,32)25-14-12-24(33-2)13-15-25/h4-15,17,20H,3,16,18-19H2,1-2H3,(H,28,30). The molecule has 0 aromatic heterocycles. The first-order chi connectivity index (χ1) is 16.3. The molecule has 0 heterocycles. The fourth-order valence-electron chi connectivity index (χ4n) is 3.57. The van der Waals surface area contributed by atoms with Crippen molar-refractivity contribution in [3.8, 4) is 5.75 Å². The lowest BCUT2D eigenvalue weighted by molar-refractivity contribution is -0.119. The Bertz CT molecular complexity index is 1180. The molecule has 1 unspecified atom stereocenters. The molecule has 0 aliphatic rings. The van der Waals surface area contributed by atoms with Crippen LogP contribution in [0.1, 0.15) is 18.9 Å². The van der Waals surface area contributed by atoms with Crippen LogP contribution in [0.4, 0.5) is 5.69 Å². The second kappa shape index (κ2) is 11.9. The topological polar surface area (TPSA) is 75.7 Å². The van der Waals surface area contributed by atoms with Crippen LogP contribution in [0.5, 0.6) is 5.75 Å². The molecule has 1 amide bonds. The van der Waals surface area contributed by atoms with Crippen LogP contribution in [0.15, 0.2) is 83.8 Å². The van der Waals surface area contributed by atoms with Crippen LogP contribution in [-0.2, 0) is 21.2 Å². The lowest BCUT2D eigenvalue weighted by Gasteiger charge is -2.25. The van der Waals surface area contributed by atoms with Gasteiger partial charge in [0, 0.05) is 11.6 Å². The zero-order valence-corrected chi connectivity index (χ0v) is 20.9. The molecule has 0 spiro atoms. The third-order valence-electron chi connectivity index (χ3n) is 5.56. The number of hydrogen-bond acceptors (Lipinski definition) is 4. The van der Waals surface area contributed by atoms with Gasteiger partial charge < -0.3 is 10.1 Å². The molecule has 0 bridgehead atoms. The molecule has 0 aliphatic carbocycles. The Morgan fingerprint density at radius 2 is 1.74 bits per heavy atom. The van der Waals surface area contributed by atoms with Crippen LogP contribution in [0.2, 0.25) is 5.02 Å². The molecule has 6 nitrogen and oxygen atoms in total. The Morgan fingerprint density at radius 3 is 2.35 bits per heavy atom. The Kier molecular flexibility index (Phi) is 8.96. The number of carbonyl (C=O) groups is 1.